The van der Waals surface area contributed by atoms with Crippen LogP contribution in [0.25, 0.3) is 0 Å². The Morgan fingerprint density at radius 2 is 1.72 bits per heavy atom. The first-order valence-corrected chi connectivity index (χ1v) is 8.32. The maximum Gasteiger partial charge on any atom is 0.314 e. The monoisotopic (exact) mass is 341 g/mol. The molecule has 1 amide bonds. The van der Waals surface area contributed by atoms with Crippen LogP contribution in [0.1, 0.15) is 24.0 Å². The predicted octanol–water partition coefficient (Wildman–Crippen LogP) is 3.01. The summed E-state index contributed by atoms with van der Waals surface area (Å²) in [6.07, 6.45) is 0.881. The zero-order chi connectivity index (χ0) is 17.9. The van der Waals surface area contributed by atoms with Gasteiger partial charge in [0.2, 0.25) is 5.91 Å². The number of likely N-dealkylation sites (tertiary alicyclic amines) is 1. The van der Waals surface area contributed by atoms with Gasteiger partial charge in [0.1, 0.15) is 5.82 Å². The quantitative estimate of drug-likeness (QED) is 0.930. The molecule has 5 heteroatoms. The van der Waals surface area contributed by atoms with E-state index in [0.717, 1.165) is 5.56 Å². The number of carboxylic acid groups (broad SMARTS) is 1. The van der Waals surface area contributed by atoms with E-state index in [-0.39, 0.29) is 18.1 Å². The van der Waals surface area contributed by atoms with E-state index in [2.05, 4.69) is 0 Å². The van der Waals surface area contributed by atoms with Gasteiger partial charge in [-0.05, 0) is 36.1 Å². The van der Waals surface area contributed by atoms with Gasteiger partial charge in [0.25, 0.3) is 0 Å². The van der Waals surface area contributed by atoms with E-state index in [9.17, 15) is 19.1 Å². The van der Waals surface area contributed by atoms with E-state index in [1.807, 2.05) is 30.3 Å². The van der Waals surface area contributed by atoms with Crippen LogP contribution >= 0.6 is 0 Å². The van der Waals surface area contributed by atoms with Gasteiger partial charge in [-0.15, -0.1) is 0 Å². The van der Waals surface area contributed by atoms with E-state index in [1.54, 1.807) is 17.0 Å². The second kappa shape index (κ2) is 7.05. The van der Waals surface area contributed by atoms with Crippen molar-refractivity contribution in [2.24, 2.45) is 0 Å². The third-order valence-electron chi connectivity index (χ3n) is 4.95. The van der Waals surface area contributed by atoms with E-state index in [0.29, 0.717) is 31.5 Å². The SMILES string of the molecule is O=C(Cc1cccc(F)c1)N1CCC(C(=O)O)(c2ccccc2)CC1. The van der Waals surface area contributed by atoms with Crippen LogP contribution in [0.5, 0.6) is 0 Å². The van der Waals surface area contributed by atoms with Crippen LogP contribution < -0.4 is 0 Å². The summed E-state index contributed by atoms with van der Waals surface area (Å²) in [6, 6.07) is 15.2. The summed E-state index contributed by atoms with van der Waals surface area (Å²) >= 11 is 0. The number of halogens is 1. The Balaban J connectivity index is 1.70. The highest BCUT2D eigenvalue weighted by molar-refractivity contribution is 5.83. The molecule has 2 aromatic carbocycles. The number of carbonyl (C=O) groups excluding carboxylic acids is 1. The van der Waals surface area contributed by atoms with E-state index < -0.39 is 11.4 Å². The molecule has 0 aromatic heterocycles. The van der Waals surface area contributed by atoms with Gasteiger partial charge in [0, 0.05) is 13.1 Å². The highest BCUT2D eigenvalue weighted by atomic mass is 19.1. The normalized spacial score (nSPS) is 16.4. The molecule has 1 fully saturated rings. The third-order valence-corrected chi connectivity index (χ3v) is 4.95. The van der Waals surface area contributed by atoms with E-state index in [4.69, 9.17) is 0 Å². The highest BCUT2D eigenvalue weighted by Gasteiger charge is 2.43. The molecular formula is C20H20FNO3. The predicted molar refractivity (Wildman–Crippen MR) is 91.7 cm³/mol. The van der Waals surface area contributed by atoms with Crippen molar-refractivity contribution in [2.75, 3.05) is 13.1 Å². The Morgan fingerprint density at radius 1 is 1.04 bits per heavy atom. The lowest BCUT2D eigenvalue weighted by Crippen LogP contribution is -2.49. The number of aliphatic carboxylic acids is 1. The van der Waals surface area contributed by atoms with Crippen molar-refractivity contribution in [3.05, 3.63) is 71.5 Å². The van der Waals surface area contributed by atoms with E-state index in [1.165, 1.54) is 12.1 Å². The number of nitrogens with zero attached hydrogens (tertiary/aromatic N) is 1. The fraction of sp³-hybridized carbons (Fsp3) is 0.300. The molecule has 1 heterocycles. The van der Waals surface area contributed by atoms with Crippen LogP contribution in [-0.4, -0.2) is 35.0 Å². The van der Waals surface area contributed by atoms with Gasteiger partial charge in [-0.25, -0.2) is 4.39 Å². The van der Waals surface area contributed by atoms with Crippen molar-refractivity contribution < 1.29 is 19.1 Å². The second-order valence-electron chi connectivity index (χ2n) is 6.44. The van der Waals surface area contributed by atoms with Crippen LogP contribution in [0.3, 0.4) is 0 Å². The number of hydrogen-bond donors (Lipinski definition) is 1. The Labute approximate surface area is 145 Å². The molecule has 0 bridgehead atoms. The lowest BCUT2D eigenvalue weighted by atomic mass is 9.73. The minimum absolute atomic E-state index is 0.0994. The maximum absolute atomic E-state index is 13.2. The first-order valence-electron chi connectivity index (χ1n) is 8.32. The molecule has 1 N–H and O–H groups in total. The molecule has 4 nitrogen and oxygen atoms in total. The third kappa shape index (κ3) is 3.55. The first-order chi connectivity index (χ1) is 12.0. The summed E-state index contributed by atoms with van der Waals surface area (Å²) in [5.74, 6) is -1.31. The van der Waals surface area contributed by atoms with E-state index >= 15 is 0 Å². The zero-order valence-electron chi connectivity index (χ0n) is 13.8. The molecule has 0 unspecified atom stereocenters. The molecule has 0 atom stereocenters. The smallest absolute Gasteiger partial charge is 0.314 e. The minimum atomic E-state index is -0.948. The van der Waals surface area contributed by atoms with Crippen LogP contribution in [0, 0.1) is 5.82 Å². The molecule has 0 spiro atoms. The van der Waals surface area contributed by atoms with Gasteiger partial charge in [-0.3, -0.25) is 9.59 Å². The fourth-order valence-electron chi connectivity index (χ4n) is 3.45. The minimum Gasteiger partial charge on any atom is -0.481 e. The summed E-state index contributed by atoms with van der Waals surface area (Å²) in [4.78, 5) is 26.1. The number of rotatable bonds is 4. The Hall–Kier alpha value is -2.69. The summed E-state index contributed by atoms with van der Waals surface area (Å²) in [7, 11) is 0. The molecule has 1 aliphatic rings. The summed E-state index contributed by atoms with van der Waals surface area (Å²) in [6.45, 7) is 0.769. The average molecular weight is 341 g/mol. The molecule has 0 aliphatic carbocycles. The average Bonchev–Trinajstić information content (AvgIpc) is 2.62. The van der Waals surface area contributed by atoms with Gasteiger partial charge in [0.05, 0.1) is 11.8 Å². The number of benzene rings is 2. The number of carbonyl (C=O) groups is 2. The number of carboxylic acids is 1. The van der Waals surface area contributed by atoms with Crippen LogP contribution in [0.15, 0.2) is 54.6 Å². The fourth-order valence-corrected chi connectivity index (χ4v) is 3.45. The lowest BCUT2D eigenvalue weighted by molar-refractivity contribution is -0.148. The van der Waals surface area contributed by atoms with Gasteiger partial charge in [-0.2, -0.15) is 0 Å². The standard InChI is InChI=1S/C20H20FNO3/c21-17-8-4-5-15(13-17)14-18(23)22-11-9-20(10-12-22,19(24)25)16-6-2-1-3-7-16/h1-8,13H,9-12,14H2,(H,24,25). The molecule has 1 saturated heterocycles. The summed E-state index contributed by atoms with van der Waals surface area (Å²) in [5.41, 5.74) is 0.458. The maximum atomic E-state index is 13.2. The topological polar surface area (TPSA) is 57.6 Å². The molecule has 0 saturated carbocycles. The molecule has 1 aliphatic heterocycles. The summed E-state index contributed by atoms with van der Waals surface area (Å²) < 4.78 is 13.2. The van der Waals surface area contributed by atoms with Crippen molar-refractivity contribution in [3.63, 3.8) is 0 Å². The van der Waals surface area contributed by atoms with Crippen LogP contribution in [0.2, 0.25) is 0 Å². The molecule has 130 valence electrons. The first kappa shape index (κ1) is 17.1. The van der Waals surface area contributed by atoms with Crippen LogP contribution in [-0.2, 0) is 21.4 Å². The largest absolute Gasteiger partial charge is 0.481 e. The van der Waals surface area contributed by atoms with Crippen molar-refractivity contribution in [2.45, 2.75) is 24.7 Å². The lowest BCUT2D eigenvalue weighted by Gasteiger charge is -2.39. The summed E-state index contributed by atoms with van der Waals surface area (Å²) in [5, 5.41) is 9.79. The van der Waals surface area contributed by atoms with Crippen molar-refractivity contribution in [1.29, 1.82) is 0 Å². The zero-order valence-corrected chi connectivity index (χ0v) is 13.8. The van der Waals surface area contributed by atoms with Gasteiger partial charge < -0.3 is 10.0 Å². The van der Waals surface area contributed by atoms with Crippen molar-refractivity contribution in [1.82, 2.24) is 4.90 Å². The molecule has 0 radical (unpaired) electrons. The van der Waals surface area contributed by atoms with Crippen molar-refractivity contribution in [3.8, 4) is 0 Å². The Bertz CT molecular complexity index is 768. The highest BCUT2D eigenvalue weighted by Crippen LogP contribution is 2.36. The number of piperidine rings is 1. The van der Waals surface area contributed by atoms with Gasteiger partial charge in [0.15, 0.2) is 0 Å². The Kier molecular flexibility index (Phi) is 4.83. The second-order valence-corrected chi connectivity index (χ2v) is 6.44. The number of amides is 1. The molecule has 2 aromatic rings. The number of hydrogen-bond acceptors (Lipinski definition) is 2. The molecule has 3 rings (SSSR count). The van der Waals surface area contributed by atoms with Crippen molar-refractivity contribution >= 4 is 11.9 Å². The molecule has 25 heavy (non-hydrogen) atoms. The van der Waals surface area contributed by atoms with Gasteiger partial charge in [-0.1, -0.05) is 42.5 Å². The molecular weight excluding hydrogens is 321 g/mol. The Morgan fingerprint density at radius 3 is 2.32 bits per heavy atom. The van der Waals surface area contributed by atoms with Gasteiger partial charge >= 0.3 is 5.97 Å². The van der Waals surface area contributed by atoms with Crippen LogP contribution in [0.4, 0.5) is 4.39 Å².